The third kappa shape index (κ3) is 3.64. The van der Waals surface area contributed by atoms with E-state index in [1.165, 1.54) is 12.1 Å². The zero-order valence-electron chi connectivity index (χ0n) is 12.0. The molecular formula is C14H19N3O2S. The van der Waals surface area contributed by atoms with Gasteiger partial charge in [-0.3, -0.25) is 10.1 Å². The number of nitrogens with zero attached hydrogens (tertiary/aromatic N) is 2. The van der Waals surface area contributed by atoms with Gasteiger partial charge in [0.1, 0.15) is 11.6 Å². The van der Waals surface area contributed by atoms with Crippen LogP contribution in [0.25, 0.3) is 0 Å². The smallest absolute Gasteiger partial charge is 0.289 e. The van der Waals surface area contributed by atoms with Crippen LogP contribution in [0.1, 0.15) is 32.3 Å². The maximum Gasteiger partial charge on any atom is 0.289 e. The number of nitriles is 1. The maximum absolute atomic E-state index is 10.9. The van der Waals surface area contributed by atoms with Crippen LogP contribution in [0.3, 0.4) is 0 Å². The number of nitro benzene ring substituents is 1. The molecule has 1 rings (SSSR count). The van der Waals surface area contributed by atoms with Gasteiger partial charge in [-0.05, 0) is 31.2 Å². The van der Waals surface area contributed by atoms with E-state index in [0.29, 0.717) is 5.69 Å². The van der Waals surface area contributed by atoms with Crippen molar-refractivity contribution in [2.75, 3.05) is 18.1 Å². The Hall–Kier alpha value is -1.74. The number of benzene rings is 1. The molecule has 108 valence electrons. The van der Waals surface area contributed by atoms with Crippen molar-refractivity contribution in [1.82, 2.24) is 0 Å². The minimum atomic E-state index is -0.523. The lowest BCUT2D eigenvalue weighted by Gasteiger charge is -2.30. The Balaban J connectivity index is 2.92. The third-order valence-electron chi connectivity index (χ3n) is 3.65. The highest BCUT2D eigenvalue weighted by Gasteiger charge is 2.24. The van der Waals surface area contributed by atoms with Gasteiger partial charge in [0.15, 0.2) is 0 Å². The van der Waals surface area contributed by atoms with E-state index in [2.05, 4.69) is 25.4 Å². The van der Waals surface area contributed by atoms with Crippen molar-refractivity contribution in [2.24, 2.45) is 0 Å². The highest BCUT2D eigenvalue weighted by atomic mass is 32.2. The van der Waals surface area contributed by atoms with Gasteiger partial charge in [-0.25, -0.2) is 0 Å². The van der Waals surface area contributed by atoms with Gasteiger partial charge in [0, 0.05) is 23.0 Å². The number of hydrogen-bond donors (Lipinski definition) is 1. The summed E-state index contributed by atoms with van der Waals surface area (Å²) < 4.78 is 0.128. The van der Waals surface area contributed by atoms with Gasteiger partial charge < -0.3 is 5.32 Å². The summed E-state index contributed by atoms with van der Waals surface area (Å²) in [7, 11) is 0. The Morgan fingerprint density at radius 2 is 2.10 bits per heavy atom. The average molecular weight is 293 g/mol. The van der Waals surface area contributed by atoms with Crippen molar-refractivity contribution < 1.29 is 4.92 Å². The molecule has 0 aliphatic rings. The summed E-state index contributed by atoms with van der Waals surface area (Å²) in [6, 6.07) is 6.46. The molecule has 0 saturated carbocycles. The van der Waals surface area contributed by atoms with Crippen molar-refractivity contribution in [3.63, 3.8) is 0 Å². The molecule has 5 nitrogen and oxygen atoms in total. The molecule has 0 aliphatic carbocycles. The van der Waals surface area contributed by atoms with Gasteiger partial charge >= 0.3 is 0 Å². The Morgan fingerprint density at radius 3 is 2.55 bits per heavy atom. The zero-order valence-corrected chi connectivity index (χ0v) is 12.8. The van der Waals surface area contributed by atoms with Crippen molar-refractivity contribution in [3.05, 3.63) is 33.9 Å². The molecule has 0 amide bonds. The van der Waals surface area contributed by atoms with Crippen LogP contribution in [0.15, 0.2) is 18.2 Å². The second-order valence-corrected chi connectivity index (χ2v) is 5.82. The fraction of sp³-hybridized carbons (Fsp3) is 0.500. The second-order valence-electron chi connectivity index (χ2n) is 4.55. The van der Waals surface area contributed by atoms with Crippen LogP contribution in [-0.2, 0) is 0 Å². The van der Waals surface area contributed by atoms with E-state index in [4.69, 9.17) is 5.26 Å². The Bertz CT molecular complexity index is 513. The Labute approximate surface area is 123 Å². The lowest BCUT2D eigenvalue weighted by Crippen LogP contribution is -2.31. The van der Waals surface area contributed by atoms with Crippen LogP contribution in [0.4, 0.5) is 11.4 Å². The zero-order chi connectivity index (χ0) is 15.2. The van der Waals surface area contributed by atoms with E-state index in [0.717, 1.165) is 19.4 Å². The molecule has 0 fully saturated rings. The fourth-order valence-electron chi connectivity index (χ4n) is 2.01. The van der Waals surface area contributed by atoms with Gasteiger partial charge in [-0.15, -0.1) is 0 Å². The topological polar surface area (TPSA) is 79.0 Å². The molecule has 0 atom stereocenters. The molecule has 6 heteroatoms. The number of nitrogens with one attached hydrogen (secondary N) is 1. The number of anilines is 1. The molecule has 0 saturated heterocycles. The fourth-order valence-corrected chi connectivity index (χ4v) is 2.81. The summed E-state index contributed by atoms with van der Waals surface area (Å²) in [5, 5.41) is 23.0. The SMILES string of the molecule is CCC(CC)(CNc1ccc(C#N)c([N+](=O)[O-])c1)SC. The van der Waals surface area contributed by atoms with Gasteiger partial charge in [-0.2, -0.15) is 17.0 Å². The largest absolute Gasteiger partial charge is 0.383 e. The molecule has 1 aromatic carbocycles. The molecule has 0 radical (unpaired) electrons. The number of hydrogen-bond acceptors (Lipinski definition) is 5. The van der Waals surface area contributed by atoms with Crippen LogP contribution < -0.4 is 5.32 Å². The van der Waals surface area contributed by atoms with Gasteiger partial charge in [0.25, 0.3) is 5.69 Å². The lowest BCUT2D eigenvalue weighted by atomic mass is 10.0. The maximum atomic E-state index is 10.9. The van der Waals surface area contributed by atoms with E-state index in [-0.39, 0.29) is 16.0 Å². The summed E-state index contributed by atoms with van der Waals surface area (Å²) in [6.45, 7) is 5.02. The van der Waals surface area contributed by atoms with Crippen LogP contribution >= 0.6 is 11.8 Å². The van der Waals surface area contributed by atoms with E-state index < -0.39 is 4.92 Å². The summed E-state index contributed by atoms with van der Waals surface area (Å²) in [5.41, 5.74) is 0.610. The van der Waals surface area contributed by atoms with E-state index in [1.54, 1.807) is 17.8 Å². The quantitative estimate of drug-likeness (QED) is 0.611. The second kappa shape index (κ2) is 7.15. The van der Waals surface area contributed by atoms with Gasteiger partial charge in [0.05, 0.1) is 4.92 Å². The first-order chi connectivity index (χ1) is 9.51. The third-order valence-corrected chi connectivity index (χ3v) is 5.24. The highest BCUT2D eigenvalue weighted by molar-refractivity contribution is 8.00. The Morgan fingerprint density at radius 1 is 1.45 bits per heavy atom. The van der Waals surface area contributed by atoms with Crippen molar-refractivity contribution >= 4 is 23.1 Å². The molecule has 0 unspecified atom stereocenters. The average Bonchev–Trinajstić information content (AvgIpc) is 2.49. The van der Waals surface area contributed by atoms with Crippen molar-refractivity contribution in [1.29, 1.82) is 5.26 Å². The molecule has 0 spiro atoms. The molecule has 0 aromatic heterocycles. The van der Waals surface area contributed by atoms with E-state index in [1.807, 2.05) is 6.07 Å². The van der Waals surface area contributed by atoms with Crippen LogP contribution in [0, 0.1) is 21.4 Å². The molecule has 0 heterocycles. The van der Waals surface area contributed by atoms with Gasteiger partial charge in [-0.1, -0.05) is 13.8 Å². The molecule has 1 aromatic rings. The number of rotatable bonds is 7. The highest BCUT2D eigenvalue weighted by Crippen LogP contribution is 2.31. The standard InChI is InChI=1S/C14H19N3O2S/c1-4-14(5-2,20-3)10-16-12-7-6-11(9-15)13(8-12)17(18)19/h6-8,16H,4-5,10H2,1-3H3. The summed E-state index contributed by atoms with van der Waals surface area (Å²) in [6.07, 6.45) is 4.13. The van der Waals surface area contributed by atoms with Crippen molar-refractivity contribution in [3.8, 4) is 6.07 Å². The predicted octanol–water partition coefficient (Wildman–Crippen LogP) is 3.80. The Kier molecular flexibility index (Phi) is 5.83. The summed E-state index contributed by atoms with van der Waals surface area (Å²) in [5.74, 6) is 0. The first kappa shape index (κ1) is 16.3. The lowest BCUT2D eigenvalue weighted by molar-refractivity contribution is -0.385. The van der Waals surface area contributed by atoms with Crippen LogP contribution in [-0.4, -0.2) is 22.5 Å². The van der Waals surface area contributed by atoms with Gasteiger partial charge in [0.2, 0.25) is 0 Å². The normalized spacial score (nSPS) is 10.9. The van der Waals surface area contributed by atoms with Crippen LogP contribution in [0.5, 0.6) is 0 Å². The number of thioether (sulfide) groups is 1. The van der Waals surface area contributed by atoms with E-state index in [9.17, 15) is 10.1 Å². The molecule has 1 N–H and O–H groups in total. The molecular weight excluding hydrogens is 274 g/mol. The predicted molar refractivity (Wildman–Crippen MR) is 83.1 cm³/mol. The minimum Gasteiger partial charge on any atom is -0.383 e. The molecule has 0 aliphatic heterocycles. The molecule has 20 heavy (non-hydrogen) atoms. The van der Waals surface area contributed by atoms with E-state index >= 15 is 0 Å². The van der Waals surface area contributed by atoms with Crippen molar-refractivity contribution in [2.45, 2.75) is 31.4 Å². The summed E-state index contributed by atoms with van der Waals surface area (Å²) in [4.78, 5) is 10.4. The monoisotopic (exact) mass is 293 g/mol. The number of nitro groups is 1. The summed E-state index contributed by atoms with van der Waals surface area (Å²) >= 11 is 1.81. The van der Waals surface area contributed by atoms with Crippen LogP contribution in [0.2, 0.25) is 0 Å². The first-order valence-electron chi connectivity index (χ1n) is 6.49. The minimum absolute atomic E-state index is 0.0858. The molecule has 0 bridgehead atoms. The first-order valence-corrected chi connectivity index (χ1v) is 7.72.